The molecule has 2 aromatic rings. The third kappa shape index (κ3) is 1.41. The Morgan fingerprint density at radius 2 is 2.00 bits per heavy atom. The van der Waals surface area contributed by atoms with Crippen LogP contribution in [-0.4, -0.2) is 6.54 Å². The molecule has 2 aromatic carbocycles. The normalized spacial score (nSPS) is 21.2. The SMILES string of the molecule is O=c1c(-c2ccccc2)c1C1CCCN1. The van der Waals surface area contributed by atoms with E-state index in [0.717, 1.165) is 29.7 Å². The van der Waals surface area contributed by atoms with Crippen molar-refractivity contribution in [2.75, 3.05) is 6.54 Å². The number of hydrogen-bond acceptors (Lipinski definition) is 2. The van der Waals surface area contributed by atoms with Gasteiger partial charge in [0.15, 0.2) is 5.43 Å². The first kappa shape index (κ1) is 8.86. The van der Waals surface area contributed by atoms with Crippen LogP contribution in [0, 0.1) is 0 Å². The first-order valence-corrected chi connectivity index (χ1v) is 5.45. The summed E-state index contributed by atoms with van der Waals surface area (Å²) in [6.45, 7) is 1.05. The van der Waals surface area contributed by atoms with Crippen LogP contribution < -0.4 is 10.7 Å². The number of rotatable bonds is 2. The second kappa shape index (κ2) is 3.31. The molecule has 76 valence electrons. The lowest BCUT2D eigenvalue weighted by atomic mass is 10.1. The second-order valence-corrected chi connectivity index (χ2v) is 4.13. The third-order valence-electron chi connectivity index (χ3n) is 3.15. The minimum Gasteiger partial charge on any atom is -0.310 e. The van der Waals surface area contributed by atoms with Gasteiger partial charge in [-0.3, -0.25) is 4.79 Å². The zero-order valence-electron chi connectivity index (χ0n) is 8.49. The van der Waals surface area contributed by atoms with Crippen molar-refractivity contribution in [3.63, 3.8) is 0 Å². The molecule has 1 unspecified atom stereocenters. The minimum absolute atomic E-state index is 0.264. The zero-order valence-corrected chi connectivity index (χ0v) is 8.49. The van der Waals surface area contributed by atoms with Gasteiger partial charge >= 0.3 is 0 Å². The molecule has 0 bridgehead atoms. The molecule has 1 aliphatic heterocycles. The van der Waals surface area contributed by atoms with Crippen molar-refractivity contribution in [1.82, 2.24) is 5.32 Å². The Morgan fingerprint density at radius 1 is 1.20 bits per heavy atom. The van der Waals surface area contributed by atoms with E-state index in [1.165, 1.54) is 6.42 Å². The van der Waals surface area contributed by atoms with Crippen molar-refractivity contribution < 1.29 is 0 Å². The van der Waals surface area contributed by atoms with Crippen LogP contribution in [-0.2, 0) is 0 Å². The van der Waals surface area contributed by atoms with Gasteiger partial charge < -0.3 is 5.32 Å². The van der Waals surface area contributed by atoms with E-state index in [4.69, 9.17) is 0 Å². The highest BCUT2D eigenvalue weighted by molar-refractivity contribution is 5.77. The molecule has 3 rings (SSSR count). The quantitative estimate of drug-likeness (QED) is 0.801. The van der Waals surface area contributed by atoms with Crippen LogP contribution in [0.25, 0.3) is 11.1 Å². The van der Waals surface area contributed by atoms with Gasteiger partial charge in [0.1, 0.15) is 0 Å². The van der Waals surface area contributed by atoms with Crippen LogP contribution in [0.15, 0.2) is 35.1 Å². The van der Waals surface area contributed by atoms with Gasteiger partial charge in [0.05, 0.1) is 0 Å². The van der Waals surface area contributed by atoms with Gasteiger partial charge in [-0.2, -0.15) is 0 Å². The van der Waals surface area contributed by atoms with E-state index in [2.05, 4.69) is 5.32 Å². The second-order valence-electron chi connectivity index (χ2n) is 4.13. The molecular formula is C13H13NO. The Hall–Kier alpha value is -1.41. The number of nitrogens with one attached hydrogen (secondary N) is 1. The van der Waals surface area contributed by atoms with E-state index in [1.54, 1.807) is 0 Å². The van der Waals surface area contributed by atoms with Crippen molar-refractivity contribution in [2.24, 2.45) is 0 Å². The lowest BCUT2D eigenvalue weighted by Crippen LogP contribution is -2.11. The molecule has 0 amide bonds. The molecule has 1 aliphatic rings. The average molecular weight is 199 g/mol. The third-order valence-corrected chi connectivity index (χ3v) is 3.15. The molecule has 1 heterocycles. The van der Waals surface area contributed by atoms with Crippen LogP contribution in [0.1, 0.15) is 24.4 Å². The predicted molar refractivity (Wildman–Crippen MR) is 60.5 cm³/mol. The summed E-state index contributed by atoms with van der Waals surface area (Å²) in [6, 6.07) is 10.3. The molecule has 1 N–H and O–H groups in total. The van der Waals surface area contributed by atoms with E-state index >= 15 is 0 Å². The monoisotopic (exact) mass is 199 g/mol. The maximum Gasteiger partial charge on any atom is 0.192 e. The van der Waals surface area contributed by atoms with Crippen molar-refractivity contribution in [1.29, 1.82) is 0 Å². The van der Waals surface area contributed by atoms with Gasteiger partial charge in [0.2, 0.25) is 0 Å². The van der Waals surface area contributed by atoms with E-state index in [1.807, 2.05) is 30.3 Å². The minimum atomic E-state index is 0.264. The lowest BCUT2D eigenvalue weighted by Gasteiger charge is -2.01. The van der Waals surface area contributed by atoms with Gasteiger partial charge in [0, 0.05) is 17.2 Å². The summed E-state index contributed by atoms with van der Waals surface area (Å²) in [5.41, 5.74) is 3.32. The molecule has 1 saturated heterocycles. The lowest BCUT2D eigenvalue weighted by molar-refractivity contribution is 0.659. The first-order chi connectivity index (χ1) is 7.38. The fourth-order valence-corrected chi connectivity index (χ4v) is 2.34. The molecule has 15 heavy (non-hydrogen) atoms. The van der Waals surface area contributed by atoms with Gasteiger partial charge in [0.25, 0.3) is 0 Å². The molecule has 0 saturated carbocycles. The summed E-state index contributed by atoms with van der Waals surface area (Å²) in [4.78, 5) is 11.7. The van der Waals surface area contributed by atoms with Crippen molar-refractivity contribution in [2.45, 2.75) is 18.9 Å². The molecule has 2 heteroatoms. The predicted octanol–water partition coefficient (Wildman–Crippen LogP) is 2.01. The van der Waals surface area contributed by atoms with Crippen LogP contribution in [0.2, 0.25) is 0 Å². The summed E-state index contributed by atoms with van der Waals surface area (Å²) in [6.07, 6.45) is 2.29. The largest absolute Gasteiger partial charge is 0.310 e. The smallest absolute Gasteiger partial charge is 0.192 e. The molecular weight excluding hydrogens is 186 g/mol. The highest BCUT2D eigenvalue weighted by Gasteiger charge is 2.31. The summed E-state index contributed by atoms with van der Waals surface area (Å²) in [5, 5.41) is 3.37. The standard InChI is InChI=1S/C13H13NO/c15-13-11(9-5-2-1-3-6-9)12(13)10-7-4-8-14-10/h1-3,5-6,10,14H,4,7-8H2. The molecule has 0 radical (unpaired) electrons. The van der Waals surface area contributed by atoms with Crippen LogP contribution in [0.5, 0.6) is 0 Å². The summed E-state index contributed by atoms with van der Waals surface area (Å²) in [7, 11) is 0. The van der Waals surface area contributed by atoms with Crippen molar-refractivity contribution in [3.05, 3.63) is 46.1 Å². The molecule has 0 aromatic heterocycles. The Labute approximate surface area is 88.6 Å². The van der Waals surface area contributed by atoms with Gasteiger partial charge in [-0.05, 0) is 24.9 Å². The molecule has 0 spiro atoms. The highest BCUT2D eigenvalue weighted by Crippen LogP contribution is 2.34. The van der Waals surface area contributed by atoms with Gasteiger partial charge in [-0.25, -0.2) is 0 Å². The average Bonchev–Trinajstić information content (AvgIpc) is 2.74. The maximum atomic E-state index is 11.7. The van der Waals surface area contributed by atoms with Gasteiger partial charge in [-0.15, -0.1) is 0 Å². The van der Waals surface area contributed by atoms with Crippen molar-refractivity contribution in [3.8, 4) is 11.1 Å². The maximum absolute atomic E-state index is 11.7. The fraction of sp³-hybridized carbons (Fsp3) is 0.308. The number of benzene rings is 1. The Morgan fingerprint density at radius 3 is 2.67 bits per heavy atom. The van der Waals surface area contributed by atoms with E-state index < -0.39 is 0 Å². The summed E-state index contributed by atoms with van der Waals surface area (Å²) in [5.74, 6) is 0. The molecule has 1 fully saturated rings. The highest BCUT2D eigenvalue weighted by atomic mass is 16.1. The fourth-order valence-electron chi connectivity index (χ4n) is 2.34. The van der Waals surface area contributed by atoms with Crippen LogP contribution in [0.3, 0.4) is 0 Å². The van der Waals surface area contributed by atoms with Crippen LogP contribution in [0.4, 0.5) is 0 Å². The van der Waals surface area contributed by atoms with E-state index in [0.29, 0.717) is 6.04 Å². The van der Waals surface area contributed by atoms with Crippen molar-refractivity contribution >= 4 is 0 Å². The topological polar surface area (TPSA) is 29.1 Å². The van der Waals surface area contributed by atoms with Crippen LogP contribution >= 0.6 is 0 Å². The zero-order chi connectivity index (χ0) is 10.3. The van der Waals surface area contributed by atoms with E-state index in [-0.39, 0.29) is 5.43 Å². The Kier molecular flexibility index (Phi) is 1.96. The molecule has 0 aliphatic carbocycles. The Bertz CT molecular complexity index is 473. The molecule has 2 nitrogen and oxygen atoms in total. The Balaban J connectivity index is 1.92. The summed E-state index contributed by atoms with van der Waals surface area (Å²) < 4.78 is 0. The first-order valence-electron chi connectivity index (χ1n) is 5.45. The summed E-state index contributed by atoms with van der Waals surface area (Å²) >= 11 is 0. The van der Waals surface area contributed by atoms with E-state index in [9.17, 15) is 4.79 Å². The van der Waals surface area contributed by atoms with Gasteiger partial charge in [-0.1, -0.05) is 30.3 Å². The number of hydrogen-bond donors (Lipinski definition) is 1. The molecule has 1 atom stereocenters.